The fourth-order valence-electron chi connectivity index (χ4n) is 1.45. The lowest BCUT2D eigenvalue weighted by Gasteiger charge is -2.22. The van der Waals surface area contributed by atoms with Gasteiger partial charge in [0.25, 0.3) is 0 Å². The van der Waals surface area contributed by atoms with Crippen LogP contribution in [0.3, 0.4) is 0 Å². The molecule has 1 unspecified atom stereocenters. The summed E-state index contributed by atoms with van der Waals surface area (Å²) in [6, 6.07) is 5.02. The van der Waals surface area contributed by atoms with Crippen molar-refractivity contribution < 1.29 is 23.0 Å². The van der Waals surface area contributed by atoms with Crippen molar-refractivity contribution in [3.63, 3.8) is 0 Å². The molecule has 120 valence electrons. The summed E-state index contributed by atoms with van der Waals surface area (Å²) in [5, 5.41) is 12.2. The summed E-state index contributed by atoms with van der Waals surface area (Å²) in [4.78, 5) is 0. The molecule has 2 N–H and O–H groups in total. The maximum Gasteiger partial charge on any atom is 0.417 e. The Labute approximate surface area is 130 Å². The maximum atomic E-state index is 12.3. The Morgan fingerprint density at radius 1 is 1.29 bits per heavy atom. The van der Waals surface area contributed by atoms with Crippen LogP contribution in [-0.2, 0) is 6.54 Å². The van der Waals surface area contributed by atoms with Crippen molar-refractivity contribution in [1.82, 2.24) is 5.32 Å². The van der Waals surface area contributed by atoms with Gasteiger partial charge in [-0.1, -0.05) is 15.9 Å². The first-order chi connectivity index (χ1) is 9.49. The highest BCUT2D eigenvalue weighted by atomic mass is 79.9. The predicted molar refractivity (Wildman–Crippen MR) is 78.3 cm³/mol. The molecule has 0 radical (unpaired) electrons. The Hall–Kier alpha value is -0.790. The molecule has 1 aromatic carbocycles. The van der Waals surface area contributed by atoms with Crippen LogP contribution in [0.4, 0.5) is 13.2 Å². The van der Waals surface area contributed by atoms with Gasteiger partial charge in [-0.05, 0) is 39.0 Å². The third-order valence-corrected chi connectivity index (χ3v) is 3.10. The van der Waals surface area contributed by atoms with Crippen LogP contribution in [0, 0.1) is 0 Å². The Morgan fingerprint density at radius 2 is 1.90 bits per heavy atom. The van der Waals surface area contributed by atoms with Crippen molar-refractivity contribution in [1.29, 1.82) is 0 Å². The van der Waals surface area contributed by atoms with Crippen LogP contribution in [0.25, 0.3) is 0 Å². The molecule has 0 bridgehead atoms. The molecule has 0 saturated carbocycles. The summed E-state index contributed by atoms with van der Waals surface area (Å²) >= 11 is 3.32. The van der Waals surface area contributed by atoms with E-state index in [9.17, 15) is 13.2 Å². The second kappa shape index (κ2) is 6.98. The normalized spacial score (nSPS) is 14.1. The molecule has 0 amide bonds. The van der Waals surface area contributed by atoms with E-state index in [2.05, 4.69) is 21.2 Å². The number of rotatable bonds is 5. The van der Waals surface area contributed by atoms with Crippen molar-refractivity contribution in [3.8, 4) is 5.75 Å². The number of halogens is 4. The molecule has 0 aliphatic heterocycles. The van der Waals surface area contributed by atoms with E-state index < -0.39 is 18.9 Å². The minimum absolute atomic E-state index is 0.134. The van der Waals surface area contributed by atoms with Gasteiger partial charge in [-0.2, -0.15) is 13.2 Å². The van der Waals surface area contributed by atoms with E-state index >= 15 is 0 Å². The SMILES string of the molecule is CC(C)(C)NCc1cc(Br)ccc1OCC(O)C(F)(F)F. The van der Waals surface area contributed by atoms with E-state index in [0.29, 0.717) is 17.9 Å². The molecule has 7 heteroatoms. The van der Waals surface area contributed by atoms with Crippen molar-refractivity contribution in [3.05, 3.63) is 28.2 Å². The molecule has 0 aromatic heterocycles. The number of hydrogen-bond acceptors (Lipinski definition) is 3. The van der Waals surface area contributed by atoms with Gasteiger partial charge in [-0.15, -0.1) is 0 Å². The minimum Gasteiger partial charge on any atom is -0.490 e. The van der Waals surface area contributed by atoms with E-state index in [-0.39, 0.29) is 5.54 Å². The second-order valence-corrected chi connectivity index (χ2v) is 6.64. The zero-order valence-corrected chi connectivity index (χ0v) is 13.7. The van der Waals surface area contributed by atoms with Crippen LogP contribution in [-0.4, -0.2) is 29.5 Å². The molecule has 0 spiro atoms. The molecule has 0 aliphatic carbocycles. The Morgan fingerprint density at radius 3 is 2.43 bits per heavy atom. The Kier molecular flexibility index (Phi) is 6.07. The second-order valence-electron chi connectivity index (χ2n) is 5.72. The van der Waals surface area contributed by atoms with Crippen molar-refractivity contribution >= 4 is 15.9 Å². The zero-order chi connectivity index (χ0) is 16.3. The average molecular weight is 370 g/mol. The number of aliphatic hydroxyl groups excluding tert-OH is 1. The van der Waals surface area contributed by atoms with Gasteiger partial charge in [-0.3, -0.25) is 0 Å². The van der Waals surface area contributed by atoms with Gasteiger partial charge in [0.2, 0.25) is 0 Å². The third-order valence-electron chi connectivity index (χ3n) is 2.61. The van der Waals surface area contributed by atoms with E-state index in [4.69, 9.17) is 9.84 Å². The molecule has 0 heterocycles. The van der Waals surface area contributed by atoms with Gasteiger partial charge in [-0.25, -0.2) is 0 Å². The summed E-state index contributed by atoms with van der Waals surface area (Å²) in [5.41, 5.74) is 0.583. The molecule has 0 saturated heterocycles. The molecule has 1 aromatic rings. The molecule has 0 aliphatic rings. The summed E-state index contributed by atoms with van der Waals surface area (Å²) in [6.07, 6.45) is -7.18. The average Bonchev–Trinajstić information content (AvgIpc) is 2.32. The maximum absolute atomic E-state index is 12.3. The Bertz CT molecular complexity index is 472. The number of hydrogen-bond donors (Lipinski definition) is 2. The number of ether oxygens (including phenoxy) is 1. The zero-order valence-electron chi connectivity index (χ0n) is 12.1. The Balaban J connectivity index is 2.77. The number of benzene rings is 1. The van der Waals surface area contributed by atoms with Gasteiger partial charge >= 0.3 is 6.18 Å². The quantitative estimate of drug-likeness (QED) is 0.832. The topological polar surface area (TPSA) is 41.5 Å². The molecule has 21 heavy (non-hydrogen) atoms. The van der Waals surface area contributed by atoms with Gasteiger partial charge in [0.05, 0.1) is 0 Å². The summed E-state index contributed by atoms with van der Waals surface area (Å²) in [6.45, 7) is 5.57. The fraction of sp³-hybridized carbons (Fsp3) is 0.571. The van der Waals surface area contributed by atoms with E-state index in [1.807, 2.05) is 20.8 Å². The van der Waals surface area contributed by atoms with Crippen LogP contribution >= 0.6 is 15.9 Å². The van der Waals surface area contributed by atoms with E-state index in [0.717, 1.165) is 4.47 Å². The predicted octanol–water partition coefficient (Wildman–Crippen LogP) is 3.64. The number of nitrogens with one attached hydrogen (secondary N) is 1. The molecular weight excluding hydrogens is 351 g/mol. The van der Waals surface area contributed by atoms with Crippen LogP contribution in [0.2, 0.25) is 0 Å². The summed E-state index contributed by atoms with van der Waals surface area (Å²) < 4.78 is 42.7. The van der Waals surface area contributed by atoms with Crippen molar-refractivity contribution in [2.24, 2.45) is 0 Å². The largest absolute Gasteiger partial charge is 0.490 e. The molecule has 0 fully saturated rings. The first kappa shape index (κ1) is 18.3. The molecule has 1 atom stereocenters. The highest BCUT2D eigenvalue weighted by Gasteiger charge is 2.38. The highest BCUT2D eigenvalue weighted by Crippen LogP contribution is 2.26. The standard InChI is InChI=1S/C14H19BrF3NO2/c1-13(2,3)19-7-9-6-10(15)4-5-11(9)21-8-12(20)14(16,17)18/h4-6,12,19-20H,7-8H2,1-3H3. The fourth-order valence-corrected chi connectivity index (χ4v) is 1.86. The van der Waals surface area contributed by atoms with Crippen molar-refractivity contribution in [2.45, 2.75) is 45.1 Å². The van der Waals surface area contributed by atoms with Crippen LogP contribution in [0.5, 0.6) is 5.75 Å². The smallest absolute Gasteiger partial charge is 0.417 e. The summed E-state index contributed by atoms with van der Waals surface area (Å²) in [7, 11) is 0. The van der Waals surface area contributed by atoms with Gasteiger partial charge in [0.15, 0.2) is 6.10 Å². The van der Waals surface area contributed by atoms with Gasteiger partial charge in [0, 0.05) is 22.1 Å². The van der Waals surface area contributed by atoms with Gasteiger partial charge < -0.3 is 15.2 Å². The first-order valence-corrected chi connectivity index (χ1v) is 7.19. The first-order valence-electron chi connectivity index (χ1n) is 6.40. The molecular formula is C14H19BrF3NO2. The summed E-state index contributed by atoms with van der Waals surface area (Å²) in [5.74, 6) is 0.318. The lowest BCUT2D eigenvalue weighted by Crippen LogP contribution is -2.36. The molecule has 1 rings (SSSR count). The van der Waals surface area contributed by atoms with E-state index in [1.165, 1.54) is 0 Å². The lowest BCUT2D eigenvalue weighted by molar-refractivity contribution is -0.210. The molecule has 3 nitrogen and oxygen atoms in total. The monoisotopic (exact) mass is 369 g/mol. The van der Waals surface area contributed by atoms with Crippen LogP contribution in [0.15, 0.2) is 22.7 Å². The highest BCUT2D eigenvalue weighted by molar-refractivity contribution is 9.10. The van der Waals surface area contributed by atoms with Crippen molar-refractivity contribution in [2.75, 3.05) is 6.61 Å². The minimum atomic E-state index is -4.68. The van der Waals surface area contributed by atoms with Gasteiger partial charge in [0.1, 0.15) is 12.4 Å². The van der Waals surface area contributed by atoms with Crippen LogP contribution < -0.4 is 10.1 Å². The van der Waals surface area contributed by atoms with Crippen LogP contribution in [0.1, 0.15) is 26.3 Å². The number of aliphatic hydroxyl groups is 1. The number of alkyl halides is 3. The van der Waals surface area contributed by atoms with E-state index in [1.54, 1.807) is 18.2 Å². The third kappa shape index (κ3) is 6.67. The lowest BCUT2D eigenvalue weighted by atomic mass is 10.1.